The molecule has 0 saturated carbocycles. The van der Waals surface area contributed by atoms with Gasteiger partial charge in [0.05, 0.1) is 11.9 Å². The standard InChI is InChI=1S/C21H30N6O2/c1-3-4-18(10-12-28)29-21-25-19(22)20-24-14-17(27(20)26-21)13-16-7-5-15(6-8-16)9-11-23-2/h5-8,14,18,23,28H,3-4,9-13H2,1-2H3,(H2,22,25,26)/t18-/m1/s1. The maximum absolute atomic E-state index is 9.25. The molecule has 0 radical (unpaired) electrons. The van der Waals surface area contributed by atoms with Crippen LogP contribution >= 0.6 is 0 Å². The summed E-state index contributed by atoms with van der Waals surface area (Å²) >= 11 is 0. The van der Waals surface area contributed by atoms with Gasteiger partial charge in [0.25, 0.3) is 0 Å². The number of fused-ring (bicyclic) bond motifs is 1. The van der Waals surface area contributed by atoms with E-state index in [1.165, 1.54) is 11.1 Å². The van der Waals surface area contributed by atoms with Crippen LogP contribution in [0.1, 0.15) is 43.0 Å². The van der Waals surface area contributed by atoms with Gasteiger partial charge in [0, 0.05) is 19.4 Å². The first-order valence-corrected chi connectivity index (χ1v) is 10.1. The predicted octanol–water partition coefficient (Wildman–Crippen LogP) is 1.99. The van der Waals surface area contributed by atoms with Gasteiger partial charge in [0.2, 0.25) is 0 Å². The van der Waals surface area contributed by atoms with Crippen LogP contribution in [0.4, 0.5) is 5.82 Å². The van der Waals surface area contributed by atoms with E-state index in [0.29, 0.717) is 18.5 Å². The van der Waals surface area contributed by atoms with Gasteiger partial charge in [-0.15, -0.1) is 5.10 Å². The lowest BCUT2D eigenvalue weighted by Gasteiger charge is -2.16. The highest BCUT2D eigenvalue weighted by Crippen LogP contribution is 2.19. The Labute approximate surface area is 171 Å². The molecular weight excluding hydrogens is 368 g/mol. The molecule has 0 spiro atoms. The number of hydrogen-bond acceptors (Lipinski definition) is 7. The lowest BCUT2D eigenvalue weighted by atomic mass is 10.1. The third-order valence-corrected chi connectivity index (χ3v) is 4.84. The van der Waals surface area contributed by atoms with E-state index in [9.17, 15) is 5.11 Å². The van der Waals surface area contributed by atoms with E-state index in [0.717, 1.165) is 31.5 Å². The summed E-state index contributed by atoms with van der Waals surface area (Å²) in [7, 11) is 1.96. The van der Waals surface area contributed by atoms with E-state index in [2.05, 4.69) is 51.6 Å². The van der Waals surface area contributed by atoms with Crippen LogP contribution in [0.2, 0.25) is 0 Å². The van der Waals surface area contributed by atoms with Gasteiger partial charge in [0.15, 0.2) is 11.5 Å². The van der Waals surface area contributed by atoms with Crippen molar-refractivity contribution in [2.75, 3.05) is 25.9 Å². The molecule has 0 amide bonds. The first-order chi connectivity index (χ1) is 14.1. The molecule has 3 rings (SSSR count). The summed E-state index contributed by atoms with van der Waals surface area (Å²) in [6, 6.07) is 8.77. The van der Waals surface area contributed by atoms with E-state index >= 15 is 0 Å². The van der Waals surface area contributed by atoms with Crippen LogP contribution in [0, 0.1) is 0 Å². The highest BCUT2D eigenvalue weighted by molar-refractivity contribution is 5.59. The second kappa shape index (κ2) is 10.2. The molecule has 0 aliphatic carbocycles. The van der Waals surface area contributed by atoms with Crippen LogP contribution in [0.15, 0.2) is 30.5 Å². The first kappa shape index (κ1) is 21.0. The topological polar surface area (TPSA) is 111 Å². The molecule has 29 heavy (non-hydrogen) atoms. The summed E-state index contributed by atoms with van der Waals surface area (Å²) in [4.78, 5) is 8.61. The molecule has 8 heteroatoms. The second-order valence-electron chi connectivity index (χ2n) is 7.15. The molecule has 0 aliphatic heterocycles. The number of imidazole rings is 1. The zero-order chi connectivity index (χ0) is 20.6. The zero-order valence-corrected chi connectivity index (χ0v) is 17.1. The number of anilines is 1. The summed E-state index contributed by atoms with van der Waals surface area (Å²) < 4.78 is 7.60. The Hall–Kier alpha value is -2.71. The van der Waals surface area contributed by atoms with E-state index in [4.69, 9.17) is 10.5 Å². The van der Waals surface area contributed by atoms with Gasteiger partial charge in [-0.25, -0.2) is 9.50 Å². The van der Waals surface area contributed by atoms with E-state index in [1.807, 2.05) is 7.05 Å². The molecule has 4 N–H and O–H groups in total. The average Bonchev–Trinajstić information content (AvgIpc) is 3.11. The van der Waals surface area contributed by atoms with Crippen LogP contribution < -0.4 is 15.8 Å². The highest BCUT2D eigenvalue weighted by atomic mass is 16.5. The molecule has 156 valence electrons. The van der Waals surface area contributed by atoms with Crippen molar-refractivity contribution in [2.24, 2.45) is 0 Å². The molecule has 2 heterocycles. The number of aliphatic hydroxyl groups excluding tert-OH is 1. The summed E-state index contributed by atoms with van der Waals surface area (Å²) in [5.74, 6) is 0.280. The third kappa shape index (κ3) is 5.42. The Kier molecular flexibility index (Phi) is 7.37. The molecule has 1 aromatic carbocycles. The van der Waals surface area contributed by atoms with Crippen molar-refractivity contribution in [3.63, 3.8) is 0 Å². The summed E-state index contributed by atoms with van der Waals surface area (Å²) in [5.41, 5.74) is 9.99. The number of hydrogen-bond donors (Lipinski definition) is 3. The van der Waals surface area contributed by atoms with E-state index in [-0.39, 0.29) is 24.5 Å². The number of ether oxygens (including phenoxy) is 1. The second-order valence-corrected chi connectivity index (χ2v) is 7.15. The van der Waals surface area contributed by atoms with Crippen molar-refractivity contribution in [3.05, 3.63) is 47.3 Å². The third-order valence-electron chi connectivity index (χ3n) is 4.84. The molecule has 1 atom stereocenters. The Morgan fingerprint density at radius 3 is 2.66 bits per heavy atom. The van der Waals surface area contributed by atoms with Gasteiger partial charge in [-0.1, -0.05) is 37.6 Å². The SMILES string of the molecule is CCC[C@H](CCO)Oc1nc(N)c2ncc(Cc3ccc(CCNC)cc3)n2n1. The number of nitrogen functional groups attached to an aromatic ring is 1. The number of aliphatic hydroxyl groups is 1. The first-order valence-electron chi connectivity index (χ1n) is 10.1. The normalized spacial score (nSPS) is 12.4. The number of rotatable bonds is 11. The fourth-order valence-corrected chi connectivity index (χ4v) is 3.28. The Morgan fingerprint density at radius 2 is 1.97 bits per heavy atom. The van der Waals surface area contributed by atoms with Gasteiger partial charge in [-0.3, -0.25) is 0 Å². The van der Waals surface area contributed by atoms with Crippen molar-refractivity contribution in [2.45, 2.75) is 45.1 Å². The van der Waals surface area contributed by atoms with Crippen LogP contribution in [-0.4, -0.2) is 51.0 Å². The fraction of sp³-hybridized carbons (Fsp3) is 0.476. The zero-order valence-electron chi connectivity index (χ0n) is 17.1. The lowest BCUT2D eigenvalue weighted by molar-refractivity contribution is 0.133. The van der Waals surface area contributed by atoms with Crippen LogP contribution in [0.25, 0.3) is 5.65 Å². The minimum absolute atomic E-state index is 0.0586. The number of nitrogens with two attached hydrogens (primary N) is 1. The number of benzene rings is 1. The minimum atomic E-state index is -0.140. The van der Waals surface area contributed by atoms with Gasteiger partial charge in [-0.2, -0.15) is 4.98 Å². The average molecular weight is 399 g/mol. The molecule has 2 aromatic heterocycles. The summed E-state index contributed by atoms with van der Waals surface area (Å²) in [5, 5.41) is 16.9. The number of nitrogens with zero attached hydrogens (tertiary/aromatic N) is 4. The number of likely N-dealkylation sites (N-methyl/N-ethyl adjacent to an activating group) is 1. The van der Waals surface area contributed by atoms with Crippen molar-refractivity contribution < 1.29 is 9.84 Å². The van der Waals surface area contributed by atoms with Crippen molar-refractivity contribution in [1.29, 1.82) is 0 Å². The smallest absolute Gasteiger partial charge is 0.336 e. The molecule has 0 bridgehead atoms. The van der Waals surface area contributed by atoms with Crippen molar-refractivity contribution >= 4 is 11.5 Å². The molecule has 8 nitrogen and oxygen atoms in total. The van der Waals surface area contributed by atoms with E-state index < -0.39 is 0 Å². The minimum Gasteiger partial charge on any atom is -0.459 e. The van der Waals surface area contributed by atoms with Crippen molar-refractivity contribution in [1.82, 2.24) is 24.9 Å². The number of aromatic nitrogens is 4. The van der Waals surface area contributed by atoms with Gasteiger partial charge < -0.3 is 20.9 Å². The van der Waals surface area contributed by atoms with Crippen LogP contribution in [-0.2, 0) is 12.8 Å². The largest absolute Gasteiger partial charge is 0.459 e. The summed E-state index contributed by atoms with van der Waals surface area (Å²) in [6.45, 7) is 3.09. The summed E-state index contributed by atoms with van der Waals surface area (Å²) in [6.07, 6.45) is 5.62. The molecule has 0 saturated heterocycles. The molecule has 0 aliphatic rings. The van der Waals surface area contributed by atoms with E-state index in [1.54, 1.807) is 10.7 Å². The van der Waals surface area contributed by atoms with Crippen LogP contribution in [0.3, 0.4) is 0 Å². The maximum atomic E-state index is 9.25. The highest BCUT2D eigenvalue weighted by Gasteiger charge is 2.16. The lowest BCUT2D eigenvalue weighted by Crippen LogP contribution is -2.20. The molecule has 0 unspecified atom stereocenters. The monoisotopic (exact) mass is 398 g/mol. The molecular formula is C21H30N6O2. The maximum Gasteiger partial charge on any atom is 0.336 e. The quantitative estimate of drug-likeness (QED) is 0.453. The Bertz CT molecular complexity index is 903. The van der Waals surface area contributed by atoms with Crippen molar-refractivity contribution in [3.8, 4) is 6.01 Å². The Balaban J connectivity index is 1.80. The van der Waals surface area contributed by atoms with Gasteiger partial charge in [0.1, 0.15) is 6.10 Å². The number of nitrogens with one attached hydrogen (secondary N) is 1. The molecule has 3 aromatic rings. The molecule has 0 fully saturated rings. The Morgan fingerprint density at radius 1 is 1.21 bits per heavy atom. The van der Waals surface area contributed by atoms with Gasteiger partial charge in [-0.05, 0) is 37.6 Å². The van der Waals surface area contributed by atoms with Crippen LogP contribution in [0.5, 0.6) is 6.01 Å². The fourth-order valence-electron chi connectivity index (χ4n) is 3.28. The van der Waals surface area contributed by atoms with Gasteiger partial charge >= 0.3 is 6.01 Å². The predicted molar refractivity (Wildman–Crippen MR) is 113 cm³/mol.